The number of likely N-dealkylation sites (N-methyl/N-ethyl adjacent to an activating group) is 1. The fourth-order valence-corrected chi connectivity index (χ4v) is 2.72. The average Bonchev–Trinajstić information content (AvgIpc) is 2.55. The molecule has 0 aliphatic rings. The zero-order valence-electron chi connectivity index (χ0n) is 13.9. The maximum absolute atomic E-state index is 13.7. The maximum Gasteiger partial charge on any atom is 0.241 e. The highest BCUT2D eigenvalue weighted by Gasteiger charge is 2.19. The molecule has 0 bridgehead atoms. The van der Waals surface area contributed by atoms with E-state index in [4.69, 9.17) is 5.14 Å². The predicted octanol–water partition coefficient (Wildman–Crippen LogP) is 1.93. The molecule has 0 radical (unpaired) electrons. The summed E-state index contributed by atoms with van der Waals surface area (Å²) < 4.78 is 36.1. The molecule has 1 atom stereocenters. The molecule has 6 nitrogen and oxygen atoms in total. The summed E-state index contributed by atoms with van der Waals surface area (Å²) in [7, 11) is -2.05. The molecule has 3 N–H and O–H groups in total. The van der Waals surface area contributed by atoms with Crippen molar-refractivity contribution in [2.45, 2.75) is 24.4 Å². The molecule has 8 heteroatoms. The number of hydrogen-bond acceptors (Lipinski definition) is 4. The molecule has 0 aromatic heterocycles. The summed E-state index contributed by atoms with van der Waals surface area (Å²) in [5.41, 5.74) is 0.950. The summed E-state index contributed by atoms with van der Waals surface area (Å²) in [5, 5.41) is 7.72. The van der Waals surface area contributed by atoms with Crippen LogP contribution in [0.25, 0.3) is 0 Å². The molecular formula is C17H20FN3O3S. The minimum absolute atomic E-state index is 0.0322. The van der Waals surface area contributed by atoms with E-state index in [-0.39, 0.29) is 23.2 Å². The number of nitrogens with zero attached hydrogens (tertiary/aromatic N) is 1. The van der Waals surface area contributed by atoms with Crippen LogP contribution in [0.5, 0.6) is 0 Å². The Balaban J connectivity index is 2.01. The number of carbonyl (C=O) groups is 1. The maximum atomic E-state index is 13.7. The smallest absolute Gasteiger partial charge is 0.241 e. The minimum atomic E-state index is -3.77. The van der Waals surface area contributed by atoms with Gasteiger partial charge in [-0.05, 0) is 44.3 Å². The number of sulfonamides is 1. The number of anilines is 1. The number of benzene rings is 2. The first kappa shape index (κ1) is 19.0. The fraction of sp³-hybridized carbons (Fsp3) is 0.235. The Kier molecular flexibility index (Phi) is 5.89. The van der Waals surface area contributed by atoms with Gasteiger partial charge in [-0.1, -0.05) is 18.2 Å². The zero-order valence-corrected chi connectivity index (χ0v) is 14.8. The van der Waals surface area contributed by atoms with Crippen molar-refractivity contribution in [3.8, 4) is 0 Å². The van der Waals surface area contributed by atoms with Crippen LogP contribution in [0.1, 0.15) is 12.5 Å². The molecule has 0 saturated heterocycles. The lowest BCUT2D eigenvalue weighted by Crippen LogP contribution is -2.39. The van der Waals surface area contributed by atoms with Crippen LogP contribution in [0.3, 0.4) is 0 Å². The molecule has 0 aliphatic heterocycles. The number of rotatable bonds is 6. The van der Waals surface area contributed by atoms with Crippen molar-refractivity contribution in [2.75, 3.05) is 12.4 Å². The summed E-state index contributed by atoms with van der Waals surface area (Å²) >= 11 is 0. The van der Waals surface area contributed by atoms with Gasteiger partial charge in [0.25, 0.3) is 0 Å². The molecule has 2 aromatic rings. The first-order valence-corrected chi connectivity index (χ1v) is 9.10. The standard InChI is InChI=1S/C17H20FN3O3S/c1-12(21(2)11-13-5-3-4-6-16(13)18)17(22)20-14-7-9-15(10-8-14)25(19,23)24/h3-10,12H,11H2,1-2H3,(H,20,22)(H2,19,23,24)/t12-/m0/s1. The van der Waals surface area contributed by atoms with Crippen molar-refractivity contribution >= 4 is 21.6 Å². The van der Waals surface area contributed by atoms with Gasteiger partial charge < -0.3 is 5.32 Å². The van der Waals surface area contributed by atoms with E-state index >= 15 is 0 Å². The van der Waals surface area contributed by atoms with E-state index in [1.807, 2.05) is 0 Å². The second-order valence-corrected chi connectivity index (χ2v) is 7.30. The van der Waals surface area contributed by atoms with Gasteiger partial charge in [0.1, 0.15) is 5.82 Å². The predicted molar refractivity (Wildman–Crippen MR) is 93.8 cm³/mol. The van der Waals surface area contributed by atoms with Crippen LogP contribution in [0.2, 0.25) is 0 Å². The van der Waals surface area contributed by atoms with Crippen LogP contribution in [-0.4, -0.2) is 32.3 Å². The summed E-state index contributed by atoms with van der Waals surface area (Å²) in [6.07, 6.45) is 0. The number of carbonyl (C=O) groups excluding carboxylic acids is 1. The Labute approximate surface area is 146 Å². The largest absolute Gasteiger partial charge is 0.325 e. The van der Waals surface area contributed by atoms with Crippen molar-refractivity contribution in [3.63, 3.8) is 0 Å². The van der Waals surface area contributed by atoms with Crippen LogP contribution in [-0.2, 0) is 21.4 Å². The van der Waals surface area contributed by atoms with Crippen molar-refractivity contribution in [3.05, 3.63) is 59.9 Å². The first-order chi connectivity index (χ1) is 11.7. The Morgan fingerprint density at radius 1 is 1.20 bits per heavy atom. The average molecular weight is 365 g/mol. The van der Waals surface area contributed by atoms with Crippen molar-refractivity contribution in [1.82, 2.24) is 4.90 Å². The van der Waals surface area contributed by atoms with Gasteiger partial charge >= 0.3 is 0 Å². The van der Waals surface area contributed by atoms with E-state index in [1.165, 1.54) is 30.3 Å². The number of nitrogens with two attached hydrogens (primary N) is 1. The number of nitrogens with one attached hydrogen (secondary N) is 1. The highest BCUT2D eigenvalue weighted by atomic mass is 32.2. The van der Waals surface area contributed by atoms with Crippen LogP contribution >= 0.6 is 0 Å². The van der Waals surface area contributed by atoms with Crippen LogP contribution in [0.4, 0.5) is 10.1 Å². The number of hydrogen-bond donors (Lipinski definition) is 2. The third-order valence-electron chi connectivity index (χ3n) is 3.87. The molecule has 0 heterocycles. The third-order valence-corrected chi connectivity index (χ3v) is 4.80. The lowest BCUT2D eigenvalue weighted by Gasteiger charge is -2.24. The monoisotopic (exact) mass is 365 g/mol. The molecule has 25 heavy (non-hydrogen) atoms. The normalized spacial score (nSPS) is 12.8. The zero-order chi connectivity index (χ0) is 18.6. The molecule has 0 fully saturated rings. The molecule has 0 spiro atoms. The van der Waals surface area contributed by atoms with Crippen LogP contribution in [0, 0.1) is 5.82 Å². The van der Waals surface area contributed by atoms with Crippen LogP contribution in [0.15, 0.2) is 53.4 Å². The number of halogens is 1. The third kappa shape index (κ3) is 5.09. The Morgan fingerprint density at radius 3 is 2.36 bits per heavy atom. The van der Waals surface area contributed by atoms with Gasteiger partial charge in [-0.3, -0.25) is 9.69 Å². The molecule has 0 aliphatic carbocycles. The summed E-state index contributed by atoms with van der Waals surface area (Å²) in [5.74, 6) is -0.609. The van der Waals surface area contributed by atoms with Gasteiger partial charge in [-0.15, -0.1) is 0 Å². The summed E-state index contributed by atoms with van der Waals surface area (Å²) in [6.45, 7) is 1.99. The first-order valence-electron chi connectivity index (χ1n) is 7.56. The Hall–Kier alpha value is -2.29. The van der Waals surface area contributed by atoms with E-state index < -0.39 is 16.1 Å². The summed E-state index contributed by atoms with van der Waals surface area (Å²) in [4.78, 5) is 14.0. The van der Waals surface area contributed by atoms with Gasteiger partial charge in [-0.2, -0.15) is 0 Å². The van der Waals surface area contributed by atoms with Gasteiger partial charge in [0.15, 0.2) is 0 Å². The number of amides is 1. The Morgan fingerprint density at radius 2 is 1.80 bits per heavy atom. The van der Waals surface area contributed by atoms with Crippen LogP contribution < -0.4 is 10.5 Å². The minimum Gasteiger partial charge on any atom is -0.325 e. The fourth-order valence-electron chi connectivity index (χ4n) is 2.21. The van der Waals surface area contributed by atoms with E-state index in [0.717, 1.165) is 0 Å². The topological polar surface area (TPSA) is 92.5 Å². The van der Waals surface area contributed by atoms with E-state index in [2.05, 4.69) is 5.32 Å². The van der Waals surface area contributed by atoms with Gasteiger partial charge in [0.05, 0.1) is 10.9 Å². The highest BCUT2D eigenvalue weighted by molar-refractivity contribution is 7.89. The van der Waals surface area contributed by atoms with E-state index in [1.54, 1.807) is 37.1 Å². The molecule has 0 unspecified atom stereocenters. The van der Waals surface area contributed by atoms with E-state index in [9.17, 15) is 17.6 Å². The number of primary sulfonamides is 1. The molecule has 1 amide bonds. The molecule has 2 rings (SSSR count). The second-order valence-electron chi connectivity index (χ2n) is 5.74. The molecule has 134 valence electrons. The van der Waals surface area contributed by atoms with Crippen molar-refractivity contribution < 1.29 is 17.6 Å². The van der Waals surface area contributed by atoms with Gasteiger partial charge in [0.2, 0.25) is 15.9 Å². The lowest BCUT2D eigenvalue weighted by atomic mass is 10.1. The van der Waals surface area contributed by atoms with Crippen molar-refractivity contribution in [2.24, 2.45) is 5.14 Å². The van der Waals surface area contributed by atoms with Gasteiger partial charge in [-0.25, -0.2) is 17.9 Å². The van der Waals surface area contributed by atoms with Gasteiger partial charge in [0, 0.05) is 17.8 Å². The SMILES string of the molecule is C[C@@H](C(=O)Nc1ccc(S(N)(=O)=O)cc1)N(C)Cc1ccccc1F. The summed E-state index contributed by atoms with van der Waals surface area (Å²) in [6, 6.07) is 11.4. The molecular weight excluding hydrogens is 345 g/mol. The molecule has 2 aromatic carbocycles. The molecule has 0 saturated carbocycles. The highest BCUT2D eigenvalue weighted by Crippen LogP contribution is 2.15. The lowest BCUT2D eigenvalue weighted by molar-refractivity contribution is -0.120. The quantitative estimate of drug-likeness (QED) is 0.818. The second kappa shape index (κ2) is 7.73. The Bertz CT molecular complexity index is 854. The van der Waals surface area contributed by atoms with E-state index in [0.29, 0.717) is 11.3 Å². The van der Waals surface area contributed by atoms with Crippen molar-refractivity contribution in [1.29, 1.82) is 0 Å².